The molecule has 0 N–H and O–H groups in total. The van der Waals surface area contributed by atoms with Crippen LogP contribution in [0.1, 0.15) is 5.56 Å². The lowest BCUT2D eigenvalue weighted by molar-refractivity contribution is 1.73. The van der Waals surface area contributed by atoms with Crippen LogP contribution in [0.25, 0.3) is 6.08 Å². The molecule has 0 fully saturated rings. The summed E-state index contributed by atoms with van der Waals surface area (Å²) in [5.74, 6) is 2.20. The summed E-state index contributed by atoms with van der Waals surface area (Å²) in [6.07, 6.45) is 2.18. The number of fused-ring (bicyclic) bond motifs is 1. The summed E-state index contributed by atoms with van der Waals surface area (Å²) in [5, 5.41) is 0. The summed E-state index contributed by atoms with van der Waals surface area (Å²) in [6, 6.07) is 8.49. The highest BCUT2D eigenvalue weighted by Gasteiger charge is 2.01. The lowest BCUT2D eigenvalue weighted by Gasteiger charge is -1.92. The smallest absolute Gasteiger partial charge is 0.113 e. The Bertz CT molecular complexity index is 250. The molecule has 1 aliphatic heterocycles. The third kappa shape index (κ3) is 0.691. The molecule has 0 atom stereocenters. The van der Waals surface area contributed by atoms with Gasteiger partial charge in [0.1, 0.15) is 0 Å². The second-order valence-electron chi connectivity index (χ2n) is 2.31. The van der Waals surface area contributed by atoms with Crippen molar-refractivity contribution in [2.24, 2.45) is 0 Å². The van der Waals surface area contributed by atoms with Gasteiger partial charge in [-0.1, -0.05) is 35.8 Å². The zero-order chi connectivity index (χ0) is 6.10. The van der Waals surface area contributed by atoms with Gasteiger partial charge in [-0.05, 0) is 5.56 Å². The minimum Gasteiger partial charge on any atom is -0.113 e. The normalized spacial score (nSPS) is 12.9. The summed E-state index contributed by atoms with van der Waals surface area (Å²) in [6.45, 7) is 0. The van der Waals surface area contributed by atoms with Gasteiger partial charge in [-0.2, -0.15) is 0 Å². The van der Waals surface area contributed by atoms with Gasteiger partial charge in [0, 0.05) is 0 Å². The first kappa shape index (κ1) is 4.86. The Kier molecular flexibility index (Phi) is 0.953. The average Bonchev–Trinajstić information content (AvgIpc) is 2.33. The van der Waals surface area contributed by atoms with Gasteiger partial charge in [0.05, 0.1) is 0 Å². The van der Waals surface area contributed by atoms with Crippen molar-refractivity contribution in [1.29, 1.82) is 0 Å². The predicted octanol–water partition coefficient (Wildman–Crippen LogP) is 0.733. The van der Waals surface area contributed by atoms with Crippen molar-refractivity contribution in [1.82, 2.24) is 0 Å². The molecule has 0 amide bonds. The Hall–Kier alpha value is -0.975. The standard InChI is InChI=1S/C8H7B/c1-2-4-8-7(3-1)5-6-9-8/h1-6,9H. The molecule has 1 aromatic rings. The van der Waals surface area contributed by atoms with Crippen LogP contribution in [0.5, 0.6) is 0 Å². The van der Waals surface area contributed by atoms with Gasteiger partial charge in [0.2, 0.25) is 0 Å². The van der Waals surface area contributed by atoms with E-state index in [4.69, 9.17) is 0 Å². The molecular weight excluding hydrogens is 107 g/mol. The Balaban J connectivity index is 2.63. The molecule has 0 bridgehead atoms. The molecule has 0 aromatic heterocycles. The highest BCUT2D eigenvalue weighted by Crippen LogP contribution is 2.02. The van der Waals surface area contributed by atoms with E-state index >= 15 is 0 Å². The van der Waals surface area contributed by atoms with Crippen LogP contribution >= 0.6 is 0 Å². The summed E-state index contributed by atoms with van der Waals surface area (Å²) in [4.78, 5) is 0. The molecule has 2 rings (SSSR count). The van der Waals surface area contributed by atoms with Crippen molar-refractivity contribution >= 4 is 18.8 Å². The Morgan fingerprint density at radius 1 is 1.11 bits per heavy atom. The maximum absolute atomic E-state index is 2.20. The first-order valence-electron chi connectivity index (χ1n) is 3.21. The van der Waals surface area contributed by atoms with E-state index in [0.717, 1.165) is 7.28 Å². The zero-order valence-corrected chi connectivity index (χ0v) is 5.17. The van der Waals surface area contributed by atoms with Crippen molar-refractivity contribution in [3.63, 3.8) is 0 Å². The van der Waals surface area contributed by atoms with Crippen LogP contribution in [0.15, 0.2) is 30.2 Å². The molecule has 0 saturated heterocycles. The molecule has 0 nitrogen and oxygen atoms in total. The molecule has 9 heavy (non-hydrogen) atoms. The molecular formula is C8H7B. The molecule has 0 saturated carbocycles. The Morgan fingerprint density at radius 2 is 2.00 bits per heavy atom. The van der Waals surface area contributed by atoms with E-state index in [1.54, 1.807) is 0 Å². The number of benzene rings is 1. The van der Waals surface area contributed by atoms with Gasteiger partial charge in [-0.3, -0.25) is 0 Å². The topological polar surface area (TPSA) is 0 Å². The van der Waals surface area contributed by atoms with E-state index in [2.05, 4.69) is 36.3 Å². The second kappa shape index (κ2) is 1.76. The van der Waals surface area contributed by atoms with Crippen LogP contribution in [0.2, 0.25) is 0 Å². The van der Waals surface area contributed by atoms with Crippen LogP contribution in [0.4, 0.5) is 0 Å². The summed E-state index contributed by atoms with van der Waals surface area (Å²) >= 11 is 0. The molecule has 42 valence electrons. The van der Waals surface area contributed by atoms with Crippen LogP contribution in [0.3, 0.4) is 0 Å². The molecule has 1 heteroatoms. The maximum Gasteiger partial charge on any atom is 0.183 e. The van der Waals surface area contributed by atoms with E-state index < -0.39 is 0 Å². The van der Waals surface area contributed by atoms with Crippen LogP contribution in [-0.4, -0.2) is 7.28 Å². The predicted molar refractivity (Wildman–Crippen MR) is 42.3 cm³/mol. The third-order valence-electron chi connectivity index (χ3n) is 1.69. The van der Waals surface area contributed by atoms with E-state index in [0.29, 0.717) is 0 Å². The van der Waals surface area contributed by atoms with Crippen molar-refractivity contribution in [3.8, 4) is 0 Å². The molecule has 1 aliphatic rings. The number of hydrogen-bond acceptors (Lipinski definition) is 0. The lowest BCUT2D eigenvalue weighted by atomic mass is 9.74. The summed E-state index contributed by atoms with van der Waals surface area (Å²) in [5.41, 5.74) is 2.84. The largest absolute Gasteiger partial charge is 0.183 e. The fourth-order valence-corrected chi connectivity index (χ4v) is 1.20. The average molecular weight is 114 g/mol. The highest BCUT2D eigenvalue weighted by atomic mass is 13.9. The van der Waals surface area contributed by atoms with E-state index in [-0.39, 0.29) is 0 Å². The second-order valence-corrected chi connectivity index (χ2v) is 2.31. The third-order valence-corrected chi connectivity index (χ3v) is 1.69. The van der Waals surface area contributed by atoms with E-state index in [9.17, 15) is 0 Å². The van der Waals surface area contributed by atoms with E-state index in [1.807, 2.05) is 0 Å². The van der Waals surface area contributed by atoms with Gasteiger partial charge >= 0.3 is 0 Å². The van der Waals surface area contributed by atoms with Gasteiger partial charge in [0.15, 0.2) is 7.28 Å². The number of hydrogen-bond donors (Lipinski definition) is 0. The summed E-state index contributed by atoms with van der Waals surface area (Å²) in [7, 11) is 1.12. The summed E-state index contributed by atoms with van der Waals surface area (Å²) < 4.78 is 0. The molecule has 1 aromatic carbocycles. The molecule has 0 radical (unpaired) electrons. The van der Waals surface area contributed by atoms with Crippen LogP contribution in [-0.2, 0) is 0 Å². The quantitative estimate of drug-likeness (QED) is 0.436. The van der Waals surface area contributed by atoms with Gasteiger partial charge in [-0.15, -0.1) is 5.98 Å². The minimum absolute atomic E-state index is 1.12. The fraction of sp³-hybridized carbons (Fsp3) is 0. The van der Waals surface area contributed by atoms with Gasteiger partial charge < -0.3 is 0 Å². The highest BCUT2D eigenvalue weighted by molar-refractivity contribution is 6.62. The first-order chi connectivity index (χ1) is 4.47. The van der Waals surface area contributed by atoms with Gasteiger partial charge in [0.25, 0.3) is 0 Å². The Labute approximate surface area is 55.5 Å². The molecule has 1 heterocycles. The minimum atomic E-state index is 1.12. The Morgan fingerprint density at radius 3 is 2.89 bits per heavy atom. The molecule has 0 spiro atoms. The van der Waals surface area contributed by atoms with Crippen molar-refractivity contribution in [2.45, 2.75) is 0 Å². The molecule has 0 unspecified atom stereocenters. The SMILES string of the molecule is B1C=Cc2ccccc21. The maximum atomic E-state index is 2.20. The van der Waals surface area contributed by atoms with Crippen molar-refractivity contribution in [3.05, 3.63) is 35.8 Å². The number of rotatable bonds is 0. The fourth-order valence-electron chi connectivity index (χ4n) is 1.20. The monoisotopic (exact) mass is 114 g/mol. The van der Waals surface area contributed by atoms with Crippen molar-refractivity contribution in [2.75, 3.05) is 0 Å². The van der Waals surface area contributed by atoms with E-state index in [1.165, 1.54) is 11.0 Å². The van der Waals surface area contributed by atoms with Gasteiger partial charge in [-0.25, -0.2) is 0 Å². The van der Waals surface area contributed by atoms with Crippen LogP contribution in [0, 0.1) is 0 Å². The lowest BCUT2D eigenvalue weighted by Crippen LogP contribution is -2.09. The first-order valence-corrected chi connectivity index (χ1v) is 3.21. The van der Waals surface area contributed by atoms with Crippen molar-refractivity contribution < 1.29 is 0 Å². The zero-order valence-electron chi connectivity index (χ0n) is 5.17. The van der Waals surface area contributed by atoms with Crippen LogP contribution < -0.4 is 5.46 Å². The molecule has 0 aliphatic carbocycles.